The summed E-state index contributed by atoms with van der Waals surface area (Å²) < 4.78 is 0. The highest BCUT2D eigenvalue weighted by Gasteiger charge is 2.36. The van der Waals surface area contributed by atoms with Gasteiger partial charge in [-0.2, -0.15) is 0 Å². The molecular weight excluding hydrogens is 258 g/mol. The van der Waals surface area contributed by atoms with Crippen molar-refractivity contribution in [1.82, 2.24) is 15.1 Å². The first-order valence-electron chi connectivity index (χ1n) is 8.98. The van der Waals surface area contributed by atoms with E-state index in [0.29, 0.717) is 5.41 Å². The zero-order valence-electron chi connectivity index (χ0n) is 15.0. The zero-order chi connectivity index (χ0) is 15.5. The molecule has 0 aromatic heterocycles. The number of nitrogens with zero attached hydrogens (tertiary/aromatic N) is 2. The third-order valence-electron chi connectivity index (χ3n) is 5.88. The van der Waals surface area contributed by atoms with Crippen molar-refractivity contribution in [2.24, 2.45) is 17.3 Å². The minimum absolute atomic E-state index is 0.468. The van der Waals surface area contributed by atoms with Gasteiger partial charge in [0.2, 0.25) is 0 Å². The Morgan fingerprint density at radius 3 is 2.48 bits per heavy atom. The van der Waals surface area contributed by atoms with Crippen molar-refractivity contribution in [2.45, 2.75) is 52.5 Å². The molecule has 1 aliphatic carbocycles. The first-order chi connectivity index (χ1) is 9.90. The molecule has 1 heterocycles. The van der Waals surface area contributed by atoms with Gasteiger partial charge in [0, 0.05) is 25.7 Å². The van der Waals surface area contributed by atoms with Gasteiger partial charge in [-0.3, -0.25) is 0 Å². The summed E-state index contributed by atoms with van der Waals surface area (Å²) in [5.74, 6) is 1.72. The number of likely N-dealkylation sites (N-methyl/N-ethyl adjacent to an activating group) is 1. The maximum absolute atomic E-state index is 3.60. The van der Waals surface area contributed by atoms with E-state index < -0.39 is 0 Å². The van der Waals surface area contributed by atoms with Crippen molar-refractivity contribution < 1.29 is 0 Å². The van der Waals surface area contributed by atoms with Crippen LogP contribution in [0.1, 0.15) is 46.5 Å². The summed E-state index contributed by atoms with van der Waals surface area (Å²) in [7, 11) is 4.42. The molecule has 0 aromatic rings. The summed E-state index contributed by atoms with van der Waals surface area (Å²) in [6, 6.07) is 0.726. The van der Waals surface area contributed by atoms with Crippen LogP contribution in [0, 0.1) is 17.3 Å². The fourth-order valence-electron chi connectivity index (χ4n) is 4.25. The maximum Gasteiger partial charge on any atom is 0.0109 e. The third-order valence-corrected chi connectivity index (χ3v) is 5.88. The molecule has 124 valence electrons. The van der Waals surface area contributed by atoms with E-state index in [1.54, 1.807) is 0 Å². The predicted molar refractivity (Wildman–Crippen MR) is 91.7 cm³/mol. The summed E-state index contributed by atoms with van der Waals surface area (Å²) >= 11 is 0. The monoisotopic (exact) mass is 295 g/mol. The second-order valence-corrected chi connectivity index (χ2v) is 8.49. The van der Waals surface area contributed by atoms with E-state index in [1.165, 1.54) is 58.4 Å². The van der Waals surface area contributed by atoms with Crippen molar-refractivity contribution in [3.63, 3.8) is 0 Å². The van der Waals surface area contributed by atoms with Crippen LogP contribution in [0.4, 0.5) is 0 Å². The van der Waals surface area contributed by atoms with Crippen LogP contribution in [0.3, 0.4) is 0 Å². The van der Waals surface area contributed by atoms with Crippen LogP contribution in [-0.4, -0.2) is 62.7 Å². The van der Waals surface area contributed by atoms with E-state index in [1.807, 2.05) is 0 Å². The average Bonchev–Trinajstić information content (AvgIpc) is 2.63. The van der Waals surface area contributed by atoms with Crippen LogP contribution < -0.4 is 5.32 Å². The fourth-order valence-corrected chi connectivity index (χ4v) is 4.25. The van der Waals surface area contributed by atoms with E-state index in [2.05, 4.69) is 50.0 Å². The van der Waals surface area contributed by atoms with Crippen LogP contribution in [0.25, 0.3) is 0 Å². The lowest BCUT2D eigenvalue weighted by Gasteiger charge is -2.43. The minimum Gasteiger partial charge on any atom is -0.317 e. The molecule has 1 saturated carbocycles. The molecule has 0 aromatic carbocycles. The largest absolute Gasteiger partial charge is 0.317 e. The van der Waals surface area contributed by atoms with E-state index in [0.717, 1.165) is 17.9 Å². The zero-order valence-corrected chi connectivity index (χ0v) is 15.0. The summed E-state index contributed by atoms with van der Waals surface area (Å²) in [5.41, 5.74) is 0.468. The van der Waals surface area contributed by atoms with Crippen LogP contribution in [0.5, 0.6) is 0 Å². The van der Waals surface area contributed by atoms with Gasteiger partial charge in [0.05, 0.1) is 0 Å². The second-order valence-electron chi connectivity index (χ2n) is 8.49. The Bertz CT molecular complexity index is 310. The third kappa shape index (κ3) is 4.94. The first-order valence-corrected chi connectivity index (χ1v) is 8.98. The van der Waals surface area contributed by atoms with Gasteiger partial charge in [-0.1, -0.05) is 20.8 Å². The molecule has 3 nitrogen and oxygen atoms in total. The lowest BCUT2D eigenvalue weighted by molar-refractivity contribution is 0.0907. The Morgan fingerprint density at radius 1 is 1.05 bits per heavy atom. The molecule has 0 spiro atoms. The van der Waals surface area contributed by atoms with Gasteiger partial charge < -0.3 is 15.1 Å². The molecule has 2 rings (SSSR count). The van der Waals surface area contributed by atoms with Crippen LogP contribution >= 0.6 is 0 Å². The Hall–Kier alpha value is -0.120. The lowest BCUT2D eigenvalue weighted by atomic mass is 9.67. The van der Waals surface area contributed by atoms with Gasteiger partial charge in [-0.05, 0) is 70.1 Å². The fraction of sp³-hybridized carbons (Fsp3) is 1.00. The van der Waals surface area contributed by atoms with E-state index in [-0.39, 0.29) is 0 Å². The van der Waals surface area contributed by atoms with Crippen LogP contribution in [0.2, 0.25) is 0 Å². The molecule has 1 N–H and O–H groups in total. The summed E-state index contributed by atoms with van der Waals surface area (Å²) in [6.45, 7) is 13.6. The van der Waals surface area contributed by atoms with Gasteiger partial charge in [-0.25, -0.2) is 0 Å². The van der Waals surface area contributed by atoms with Gasteiger partial charge in [-0.15, -0.1) is 0 Å². The summed E-state index contributed by atoms with van der Waals surface area (Å²) in [5, 5.41) is 3.60. The molecule has 0 amide bonds. The Morgan fingerprint density at radius 2 is 1.81 bits per heavy atom. The van der Waals surface area contributed by atoms with Crippen molar-refractivity contribution in [3.8, 4) is 0 Å². The van der Waals surface area contributed by atoms with Gasteiger partial charge in [0.15, 0.2) is 0 Å². The minimum atomic E-state index is 0.468. The predicted octanol–water partition coefficient (Wildman–Crippen LogP) is 2.67. The maximum atomic E-state index is 3.60. The quantitative estimate of drug-likeness (QED) is 0.863. The number of nitrogens with one attached hydrogen (secondary N) is 1. The Kier molecular flexibility index (Phi) is 6.10. The molecule has 2 fully saturated rings. The molecule has 1 saturated heterocycles. The Labute approximate surface area is 132 Å². The smallest absolute Gasteiger partial charge is 0.0109 e. The first kappa shape index (κ1) is 17.2. The highest BCUT2D eigenvalue weighted by Crippen LogP contribution is 2.40. The van der Waals surface area contributed by atoms with Crippen LogP contribution in [0.15, 0.2) is 0 Å². The molecular formula is C18H37N3. The van der Waals surface area contributed by atoms with Gasteiger partial charge >= 0.3 is 0 Å². The highest BCUT2D eigenvalue weighted by molar-refractivity contribution is 4.90. The average molecular weight is 296 g/mol. The molecule has 2 aliphatic rings. The molecule has 3 unspecified atom stereocenters. The molecule has 0 radical (unpaired) electrons. The van der Waals surface area contributed by atoms with E-state index >= 15 is 0 Å². The molecule has 3 atom stereocenters. The highest BCUT2D eigenvalue weighted by atomic mass is 15.2. The Balaban J connectivity index is 1.94. The van der Waals surface area contributed by atoms with Crippen molar-refractivity contribution >= 4 is 0 Å². The second kappa shape index (κ2) is 7.43. The summed E-state index contributed by atoms with van der Waals surface area (Å²) in [6.07, 6.45) is 5.49. The molecule has 0 bridgehead atoms. The lowest BCUT2D eigenvalue weighted by Crippen LogP contribution is -2.47. The molecule has 3 heteroatoms. The van der Waals surface area contributed by atoms with Gasteiger partial charge in [0.25, 0.3) is 0 Å². The number of hydrogen-bond acceptors (Lipinski definition) is 3. The number of hydrogen-bond donors (Lipinski definition) is 1. The van der Waals surface area contributed by atoms with Crippen molar-refractivity contribution in [1.29, 1.82) is 0 Å². The summed E-state index contributed by atoms with van der Waals surface area (Å²) in [4.78, 5) is 5.21. The standard InChI is InChI=1S/C18H37N3/c1-18(2,3)16-7-8-17(19-4)15(13-16)14-21-10-6-9-20(5)11-12-21/h15-17,19H,6-14H2,1-5H3. The van der Waals surface area contributed by atoms with Crippen molar-refractivity contribution in [2.75, 3.05) is 46.8 Å². The van der Waals surface area contributed by atoms with E-state index in [4.69, 9.17) is 0 Å². The van der Waals surface area contributed by atoms with E-state index in [9.17, 15) is 0 Å². The normalized spacial score (nSPS) is 33.9. The van der Waals surface area contributed by atoms with Crippen molar-refractivity contribution in [3.05, 3.63) is 0 Å². The topological polar surface area (TPSA) is 18.5 Å². The molecule has 1 aliphatic heterocycles. The van der Waals surface area contributed by atoms with Crippen LogP contribution in [-0.2, 0) is 0 Å². The molecule has 21 heavy (non-hydrogen) atoms. The van der Waals surface area contributed by atoms with Gasteiger partial charge in [0.1, 0.15) is 0 Å². The number of rotatable bonds is 3. The SMILES string of the molecule is CNC1CCC(C(C)(C)C)CC1CN1CCCN(C)CC1.